The van der Waals surface area contributed by atoms with Gasteiger partial charge in [-0.3, -0.25) is 4.57 Å². The molecule has 0 aromatic heterocycles. The van der Waals surface area contributed by atoms with E-state index in [1.807, 2.05) is 0 Å². The highest BCUT2D eigenvalue weighted by molar-refractivity contribution is 7.47. The molecule has 0 bridgehead atoms. The van der Waals surface area contributed by atoms with Gasteiger partial charge in [-0.1, -0.05) is 6.07 Å². The van der Waals surface area contributed by atoms with Crippen molar-refractivity contribution in [3.8, 4) is 5.75 Å². The number of benzene rings is 1. The van der Waals surface area contributed by atoms with Crippen LogP contribution in [0.4, 0.5) is 0 Å². The second-order valence-corrected chi connectivity index (χ2v) is 3.22. The molecule has 0 heterocycles. The number of ether oxygens (including phenoxy) is 1. The summed E-state index contributed by atoms with van der Waals surface area (Å²) in [5, 5.41) is 0.425. The van der Waals surface area contributed by atoms with E-state index < -0.39 is 8.03 Å². The summed E-state index contributed by atoms with van der Waals surface area (Å²) < 4.78 is 15.5. The van der Waals surface area contributed by atoms with Crippen LogP contribution in [0.1, 0.15) is 0 Å². The highest BCUT2D eigenvalue weighted by atomic mass is 31.1. The molecule has 0 saturated carbocycles. The molecule has 11 heavy (non-hydrogen) atoms. The zero-order chi connectivity index (χ0) is 8.27. The van der Waals surface area contributed by atoms with Gasteiger partial charge in [0.2, 0.25) is 8.03 Å². The van der Waals surface area contributed by atoms with Gasteiger partial charge in [0.25, 0.3) is 0 Å². The van der Waals surface area contributed by atoms with Crippen LogP contribution in [-0.4, -0.2) is 12.0 Å². The molecule has 1 unspecified atom stereocenters. The van der Waals surface area contributed by atoms with Crippen LogP contribution in [0.3, 0.4) is 0 Å². The average Bonchev–Trinajstić information content (AvgIpc) is 2.05. The van der Waals surface area contributed by atoms with Crippen LogP contribution < -0.4 is 10.0 Å². The third-order valence-electron chi connectivity index (χ3n) is 1.32. The van der Waals surface area contributed by atoms with Gasteiger partial charge in [0, 0.05) is 5.30 Å². The van der Waals surface area contributed by atoms with Crippen molar-refractivity contribution in [3.05, 3.63) is 24.3 Å². The molecule has 0 aliphatic rings. The lowest BCUT2D eigenvalue weighted by molar-refractivity contribution is 0.415. The first-order chi connectivity index (χ1) is 5.24. The third-order valence-corrected chi connectivity index (χ3v) is 2.12. The summed E-state index contributed by atoms with van der Waals surface area (Å²) in [4.78, 5) is 8.73. The van der Waals surface area contributed by atoms with Gasteiger partial charge in [-0.2, -0.15) is 0 Å². The lowest BCUT2D eigenvalue weighted by Crippen LogP contribution is -1.95. The van der Waals surface area contributed by atoms with Crippen molar-refractivity contribution in [1.29, 1.82) is 0 Å². The molecule has 0 amide bonds. The Labute approximate surface area is 65.5 Å². The Morgan fingerprint density at radius 2 is 2.27 bits per heavy atom. The first-order valence-electron chi connectivity index (χ1n) is 3.11. The first kappa shape index (κ1) is 8.31. The summed E-state index contributed by atoms with van der Waals surface area (Å²) in [5.74, 6) is 0.606. The Morgan fingerprint density at radius 3 is 2.82 bits per heavy atom. The molecular weight excluding hydrogens is 163 g/mol. The molecule has 1 N–H and O–H groups in total. The predicted octanol–water partition coefficient (Wildman–Crippen LogP) is 0.787. The van der Waals surface area contributed by atoms with Gasteiger partial charge in [0.15, 0.2) is 0 Å². The molecule has 0 aliphatic heterocycles. The van der Waals surface area contributed by atoms with E-state index in [1.54, 1.807) is 24.3 Å². The summed E-state index contributed by atoms with van der Waals surface area (Å²) >= 11 is 0. The molecular formula is C7H9O3P. The van der Waals surface area contributed by atoms with Gasteiger partial charge in [-0.25, -0.2) is 0 Å². The fraction of sp³-hybridized carbons (Fsp3) is 0.143. The van der Waals surface area contributed by atoms with Gasteiger partial charge in [-0.15, -0.1) is 0 Å². The quantitative estimate of drug-likeness (QED) is 0.671. The van der Waals surface area contributed by atoms with Crippen molar-refractivity contribution in [2.45, 2.75) is 0 Å². The first-order valence-corrected chi connectivity index (χ1v) is 4.47. The Bertz CT molecular complexity index is 272. The Hall–Kier alpha value is -0.790. The van der Waals surface area contributed by atoms with E-state index in [-0.39, 0.29) is 0 Å². The van der Waals surface area contributed by atoms with Crippen molar-refractivity contribution in [3.63, 3.8) is 0 Å². The van der Waals surface area contributed by atoms with E-state index >= 15 is 0 Å². The number of methoxy groups -OCH3 is 1. The fourth-order valence-electron chi connectivity index (χ4n) is 0.756. The Kier molecular flexibility index (Phi) is 2.69. The molecule has 0 aliphatic carbocycles. The Balaban J connectivity index is 3.01. The molecule has 1 aromatic rings. The number of hydrogen-bond acceptors (Lipinski definition) is 2. The molecule has 3 nitrogen and oxygen atoms in total. The SMILES string of the molecule is COc1cccc([PH](=O)O)c1. The molecule has 0 saturated heterocycles. The second-order valence-electron chi connectivity index (χ2n) is 2.04. The lowest BCUT2D eigenvalue weighted by atomic mass is 10.3. The molecule has 0 spiro atoms. The Morgan fingerprint density at radius 1 is 1.55 bits per heavy atom. The van der Waals surface area contributed by atoms with Crippen LogP contribution in [0, 0.1) is 0 Å². The maximum absolute atomic E-state index is 10.6. The van der Waals surface area contributed by atoms with Crippen LogP contribution in [0.5, 0.6) is 5.75 Å². The zero-order valence-electron chi connectivity index (χ0n) is 6.07. The third kappa shape index (κ3) is 2.07. The summed E-state index contributed by atoms with van der Waals surface area (Å²) in [6, 6.07) is 6.58. The van der Waals surface area contributed by atoms with Gasteiger partial charge in [0.1, 0.15) is 5.75 Å². The van der Waals surface area contributed by atoms with Crippen molar-refractivity contribution in [2.75, 3.05) is 7.11 Å². The normalized spacial score (nSPS) is 12.5. The van der Waals surface area contributed by atoms with E-state index in [2.05, 4.69) is 0 Å². The molecule has 1 rings (SSSR count). The monoisotopic (exact) mass is 172 g/mol. The molecule has 4 heteroatoms. The van der Waals surface area contributed by atoms with E-state index in [0.717, 1.165) is 0 Å². The minimum atomic E-state index is -2.57. The van der Waals surface area contributed by atoms with Crippen molar-refractivity contribution in [2.24, 2.45) is 0 Å². The number of rotatable bonds is 2. The van der Waals surface area contributed by atoms with Gasteiger partial charge in [0.05, 0.1) is 7.11 Å². The highest BCUT2D eigenvalue weighted by Gasteiger charge is 1.98. The molecule has 60 valence electrons. The van der Waals surface area contributed by atoms with Crippen LogP contribution in [0.25, 0.3) is 0 Å². The van der Waals surface area contributed by atoms with Crippen molar-refractivity contribution < 1.29 is 14.2 Å². The largest absolute Gasteiger partial charge is 0.497 e. The second kappa shape index (κ2) is 3.56. The van der Waals surface area contributed by atoms with E-state index in [9.17, 15) is 4.57 Å². The van der Waals surface area contributed by atoms with Gasteiger partial charge in [-0.05, 0) is 18.2 Å². The lowest BCUT2D eigenvalue weighted by Gasteiger charge is -1.99. The molecule has 1 atom stereocenters. The zero-order valence-corrected chi connectivity index (χ0v) is 7.07. The maximum Gasteiger partial charge on any atom is 0.218 e. The van der Waals surface area contributed by atoms with Crippen LogP contribution in [0.2, 0.25) is 0 Å². The van der Waals surface area contributed by atoms with E-state index in [1.165, 1.54) is 7.11 Å². The summed E-state index contributed by atoms with van der Waals surface area (Å²) in [7, 11) is -1.05. The minimum Gasteiger partial charge on any atom is -0.497 e. The van der Waals surface area contributed by atoms with Crippen LogP contribution in [0.15, 0.2) is 24.3 Å². The number of hydrogen-bond donors (Lipinski definition) is 1. The smallest absolute Gasteiger partial charge is 0.218 e. The van der Waals surface area contributed by atoms with Crippen LogP contribution >= 0.6 is 8.03 Å². The fourth-order valence-corrected chi connectivity index (χ4v) is 1.26. The van der Waals surface area contributed by atoms with Gasteiger partial charge >= 0.3 is 0 Å². The molecule has 0 fully saturated rings. The van der Waals surface area contributed by atoms with Crippen molar-refractivity contribution in [1.82, 2.24) is 0 Å². The average molecular weight is 172 g/mol. The maximum atomic E-state index is 10.6. The summed E-state index contributed by atoms with van der Waals surface area (Å²) in [6.45, 7) is 0. The molecule has 1 aromatic carbocycles. The van der Waals surface area contributed by atoms with Crippen LogP contribution in [-0.2, 0) is 4.57 Å². The summed E-state index contributed by atoms with van der Waals surface area (Å²) in [5.41, 5.74) is 0. The van der Waals surface area contributed by atoms with Gasteiger partial charge < -0.3 is 9.63 Å². The van der Waals surface area contributed by atoms with Crippen molar-refractivity contribution >= 4 is 13.3 Å². The highest BCUT2D eigenvalue weighted by Crippen LogP contribution is 2.16. The topological polar surface area (TPSA) is 46.5 Å². The summed E-state index contributed by atoms with van der Waals surface area (Å²) in [6.07, 6.45) is 0. The van der Waals surface area contributed by atoms with E-state index in [0.29, 0.717) is 11.1 Å². The standard InChI is InChI=1S/C7H9O3P/c1-10-6-3-2-4-7(5-6)11(8)9/h2-5,11H,1H3,(H,8,9). The predicted molar refractivity (Wildman–Crippen MR) is 43.8 cm³/mol. The minimum absolute atomic E-state index is 0.425. The van der Waals surface area contributed by atoms with E-state index in [4.69, 9.17) is 9.63 Å². The molecule has 0 radical (unpaired) electrons.